The van der Waals surface area contributed by atoms with Crippen LogP contribution >= 0.6 is 11.6 Å². The SMILES string of the molecule is O=C(c1ccc(Cl)cc1[N+](=O)[O-])N(CCO)CC(F)F. The Morgan fingerprint density at radius 1 is 1.50 bits per heavy atom. The highest BCUT2D eigenvalue weighted by molar-refractivity contribution is 6.31. The molecular weight excluding hydrogens is 298 g/mol. The van der Waals surface area contributed by atoms with Crippen molar-refractivity contribution in [1.29, 1.82) is 0 Å². The molecule has 1 rings (SSSR count). The second kappa shape index (κ2) is 7.11. The van der Waals surface area contributed by atoms with E-state index in [-0.39, 0.29) is 17.1 Å². The van der Waals surface area contributed by atoms with Gasteiger partial charge < -0.3 is 10.0 Å². The minimum atomic E-state index is -2.81. The van der Waals surface area contributed by atoms with E-state index in [2.05, 4.69) is 0 Å². The zero-order chi connectivity index (χ0) is 15.3. The number of hydrogen-bond acceptors (Lipinski definition) is 4. The Morgan fingerprint density at radius 3 is 2.65 bits per heavy atom. The standard InChI is InChI=1S/C11H11ClF2N2O4/c12-7-1-2-8(9(5-7)16(19)20)11(18)15(3-4-17)6-10(13)14/h1-2,5,10,17H,3-4,6H2. The molecule has 0 spiro atoms. The summed E-state index contributed by atoms with van der Waals surface area (Å²) in [7, 11) is 0. The minimum absolute atomic E-state index is 0.0517. The van der Waals surface area contributed by atoms with E-state index in [1.807, 2.05) is 0 Å². The predicted molar refractivity (Wildman–Crippen MR) is 67.1 cm³/mol. The fourth-order valence-electron chi connectivity index (χ4n) is 1.57. The van der Waals surface area contributed by atoms with Crippen molar-refractivity contribution in [1.82, 2.24) is 4.90 Å². The van der Waals surface area contributed by atoms with Gasteiger partial charge in [0.1, 0.15) is 5.56 Å². The molecule has 0 radical (unpaired) electrons. The number of carbonyl (C=O) groups is 1. The number of alkyl halides is 2. The first-order valence-corrected chi connectivity index (χ1v) is 5.86. The fraction of sp³-hybridized carbons (Fsp3) is 0.364. The molecule has 0 aromatic heterocycles. The first-order chi connectivity index (χ1) is 9.36. The van der Waals surface area contributed by atoms with Crippen molar-refractivity contribution in [3.05, 3.63) is 38.9 Å². The molecule has 0 aliphatic heterocycles. The maximum Gasteiger partial charge on any atom is 0.283 e. The van der Waals surface area contributed by atoms with Crippen LogP contribution in [0.15, 0.2) is 18.2 Å². The van der Waals surface area contributed by atoms with Crippen molar-refractivity contribution in [2.75, 3.05) is 19.7 Å². The molecule has 0 unspecified atom stereocenters. The number of halogens is 3. The number of aliphatic hydroxyl groups excluding tert-OH is 1. The van der Waals surface area contributed by atoms with Gasteiger partial charge in [0.2, 0.25) is 0 Å². The summed E-state index contributed by atoms with van der Waals surface area (Å²) < 4.78 is 24.8. The average Bonchev–Trinajstić information content (AvgIpc) is 2.36. The average molecular weight is 309 g/mol. The number of hydrogen-bond donors (Lipinski definition) is 1. The largest absolute Gasteiger partial charge is 0.395 e. The van der Waals surface area contributed by atoms with E-state index in [9.17, 15) is 23.7 Å². The molecule has 1 aromatic carbocycles. The van der Waals surface area contributed by atoms with Crippen LogP contribution in [0.4, 0.5) is 14.5 Å². The fourth-order valence-corrected chi connectivity index (χ4v) is 1.74. The molecule has 6 nitrogen and oxygen atoms in total. The molecule has 0 saturated heterocycles. The van der Waals surface area contributed by atoms with Gasteiger partial charge in [0.25, 0.3) is 18.0 Å². The summed E-state index contributed by atoms with van der Waals surface area (Å²) in [5.74, 6) is -0.956. The normalized spacial score (nSPS) is 10.7. The van der Waals surface area contributed by atoms with Gasteiger partial charge in [-0.05, 0) is 12.1 Å². The lowest BCUT2D eigenvalue weighted by Gasteiger charge is -2.21. The van der Waals surface area contributed by atoms with Crippen LogP contribution in [0.5, 0.6) is 0 Å². The molecular formula is C11H11ClF2N2O4. The number of nitro benzene ring substituents is 1. The Labute approximate surface area is 117 Å². The van der Waals surface area contributed by atoms with E-state index in [1.165, 1.54) is 6.07 Å². The molecule has 0 saturated carbocycles. The molecule has 20 heavy (non-hydrogen) atoms. The molecule has 0 bridgehead atoms. The molecule has 1 N–H and O–H groups in total. The van der Waals surface area contributed by atoms with E-state index in [0.29, 0.717) is 4.90 Å². The second-order valence-corrected chi connectivity index (χ2v) is 4.22. The highest BCUT2D eigenvalue weighted by Gasteiger charge is 2.26. The molecule has 110 valence electrons. The quantitative estimate of drug-likeness (QED) is 0.643. The van der Waals surface area contributed by atoms with E-state index in [1.54, 1.807) is 0 Å². The zero-order valence-corrected chi connectivity index (χ0v) is 10.9. The van der Waals surface area contributed by atoms with Crippen LogP contribution in [0.25, 0.3) is 0 Å². The maximum atomic E-state index is 12.4. The monoisotopic (exact) mass is 308 g/mol. The van der Waals surface area contributed by atoms with Gasteiger partial charge in [0, 0.05) is 17.6 Å². The summed E-state index contributed by atoms with van der Waals surface area (Å²) in [6.45, 7) is -1.79. The van der Waals surface area contributed by atoms with Gasteiger partial charge in [0.15, 0.2) is 0 Å². The maximum absolute atomic E-state index is 12.4. The smallest absolute Gasteiger partial charge is 0.283 e. The minimum Gasteiger partial charge on any atom is -0.395 e. The van der Waals surface area contributed by atoms with Crippen molar-refractivity contribution in [2.24, 2.45) is 0 Å². The third-order valence-electron chi connectivity index (χ3n) is 2.40. The van der Waals surface area contributed by atoms with Gasteiger partial charge in [-0.2, -0.15) is 0 Å². The van der Waals surface area contributed by atoms with Crippen LogP contribution in [0.1, 0.15) is 10.4 Å². The summed E-state index contributed by atoms with van der Waals surface area (Å²) in [6.07, 6.45) is -2.81. The number of aliphatic hydroxyl groups is 1. The van der Waals surface area contributed by atoms with Gasteiger partial charge in [-0.15, -0.1) is 0 Å². The van der Waals surface area contributed by atoms with Gasteiger partial charge in [-0.25, -0.2) is 8.78 Å². The van der Waals surface area contributed by atoms with Crippen LogP contribution in [0.2, 0.25) is 5.02 Å². The lowest BCUT2D eigenvalue weighted by molar-refractivity contribution is -0.385. The van der Waals surface area contributed by atoms with Crippen molar-refractivity contribution < 1.29 is 23.6 Å². The topological polar surface area (TPSA) is 83.7 Å². The molecule has 0 aliphatic carbocycles. The Balaban J connectivity index is 3.14. The number of carbonyl (C=O) groups excluding carboxylic acids is 1. The number of rotatable bonds is 6. The third-order valence-corrected chi connectivity index (χ3v) is 2.64. The molecule has 0 aliphatic rings. The summed E-state index contributed by atoms with van der Waals surface area (Å²) in [4.78, 5) is 22.7. The first kappa shape index (κ1) is 16.3. The third kappa shape index (κ3) is 4.10. The Hall–Kier alpha value is -1.80. The van der Waals surface area contributed by atoms with Crippen LogP contribution in [0.3, 0.4) is 0 Å². The summed E-state index contributed by atoms with van der Waals surface area (Å²) in [5.41, 5.74) is -0.923. The van der Waals surface area contributed by atoms with E-state index < -0.39 is 36.1 Å². The van der Waals surface area contributed by atoms with Crippen LogP contribution in [-0.4, -0.2) is 47.0 Å². The highest BCUT2D eigenvalue weighted by atomic mass is 35.5. The van der Waals surface area contributed by atoms with Crippen molar-refractivity contribution >= 4 is 23.2 Å². The van der Waals surface area contributed by atoms with Crippen molar-refractivity contribution in [3.8, 4) is 0 Å². The lowest BCUT2D eigenvalue weighted by Crippen LogP contribution is -2.37. The first-order valence-electron chi connectivity index (χ1n) is 5.49. The predicted octanol–water partition coefficient (Wildman–Crippen LogP) is 1.95. The number of nitrogens with zero attached hydrogens (tertiary/aromatic N) is 2. The summed E-state index contributed by atoms with van der Waals surface area (Å²) in [6, 6.07) is 3.31. The summed E-state index contributed by atoms with van der Waals surface area (Å²) >= 11 is 5.60. The van der Waals surface area contributed by atoms with Crippen LogP contribution in [0, 0.1) is 10.1 Å². The van der Waals surface area contributed by atoms with E-state index in [0.717, 1.165) is 12.1 Å². The Bertz CT molecular complexity index is 513. The molecule has 1 aromatic rings. The zero-order valence-electron chi connectivity index (χ0n) is 10.1. The Morgan fingerprint density at radius 2 is 2.15 bits per heavy atom. The molecule has 9 heteroatoms. The van der Waals surface area contributed by atoms with Gasteiger partial charge in [-0.3, -0.25) is 14.9 Å². The van der Waals surface area contributed by atoms with Gasteiger partial charge in [-0.1, -0.05) is 11.6 Å². The molecule has 1 amide bonds. The second-order valence-electron chi connectivity index (χ2n) is 3.78. The van der Waals surface area contributed by atoms with Crippen LogP contribution < -0.4 is 0 Å². The van der Waals surface area contributed by atoms with Crippen molar-refractivity contribution in [2.45, 2.75) is 6.43 Å². The molecule has 0 atom stereocenters. The highest BCUT2D eigenvalue weighted by Crippen LogP contribution is 2.24. The number of benzene rings is 1. The lowest BCUT2D eigenvalue weighted by atomic mass is 10.1. The molecule has 0 fully saturated rings. The Kier molecular flexibility index (Phi) is 5.78. The number of nitro groups is 1. The van der Waals surface area contributed by atoms with Crippen molar-refractivity contribution in [3.63, 3.8) is 0 Å². The van der Waals surface area contributed by atoms with Gasteiger partial charge >= 0.3 is 0 Å². The van der Waals surface area contributed by atoms with Gasteiger partial charge in [0.05, 0.1) is 18.1 Å². The van der Waals surface area contributed by atoms with E-state index in [4.69, 9.17) is 16.7 Å². The van der Waals surface area contributed by atoms with E-state index >= 15 is 0 Å². The summed E-state index contributed by atoms with van der Waals surface area (Å²) in [5, 5.41) is 19.7. The number of amides is 1. The molecule has 0 heterocycles. The van der Waals surface area contributed by atoms with Crippen LogP contribution in [-0.2, 0) is 0 Å².